The molecule has 0 heterocycles. The van der Waals surface area contributed by atoms with Crippen molar-refractivity contribution in [2.24, 2.45) is 5.92 Å². The molecule has 114 valence electrons. The second-order valence-corrected chi connectivity index (χ2v) is 6.14. The highest BCUT2D eigenvalue weighted by Crippen LogP contribution is 2.27. The van der Waals surface area contributed by atoms with Gasteiger partial charge < -0.3 is 10.1 Å². The largest absolute Gasteiger partial charge is 0.490 e. The lowest BCUT2D eigenvalue weighted by molar-refractivity contribution is 0.190. The molecule has 0 aliphatic heterocycles. The highest BCUT2D eigenvalue weighted by Gasteiger charge is 2.11. The fourth-order valence-electron chi connectivity index (χ4n) is 2.46. The molecule has 20 heavy (non-hydrogen) atoms. The lowest BCUT2D eigenvalue weighted by Gasteiger charge is -2.20. The minimum Gasteiger partial charge on any atom is -0.490 e. The molecule has 2 nitrogen and oxygen atoms in total. The Labute approximate surface area is 124 Å². The van der Waals surface area contributed by atoms with Gasteiger partial charge >= 0.3 is 0 Å². The van der Waals surface area contributed by atoms with Crippen molar-refractivity contribution in [3.05, 3.63) is 28.8 Å². The Bertz CT molecular complexity index is 385. The number of aryl methyl sites for hydroxylation is 2. The lowest BCUT2D eigenvalue weighted by atomic mass is 10.0. The molecule has 0 atom stereocenters. The van der Waals surface area contributed by atoms with Crippen LogP contribution in [0.15, 0.2) is 12.1 Å². The first-order chi connectivity index (χ1) is 9.47. The molecule has 1 aromatic carbocycles. The molecule has 0 aliphatic rings. The van der Waals surface area contributed by atoms with E-state index < -0.39 is 0 Å². The quantitative estimate of drug-likeness (QED) is 0.749. The van der Waals surface area contributed by atoms with Crippen LogP contribution in [0.2, 0.25) is 0 Å². The topological polar surface area (TPSA) is 21.3 Å². The molecule has 0 fully saturated rings. The summed E-state index contributed by atoms with van der Waals surface area (Å²) in [6.45, 7) is 15.1. The third-order valence-electron chi connectivity index (χ3n) is 3.60. The number of benzene rings is 1. The molecule has 0 saturated carbocycles. The zero-order valence-electron chi connectivity index (χ0n) is 14.0. The smallest absolute Gasteiger partial charge is 0.125 e. The normalized spacial score (nSPS) is 11.4. The molecule has 1 aromatic rings. The van der Waals surface area contributed by atoms with Crippen molar-refractivity contribution in [2.75, 3.05) is 6.54 Å². The molecule has 0 aromatic heterocycles. The van der Waals surface area contributed by atoms with Gasteiger partial charge in [0.15, 0.2) is 0 Å². The van der Waals surface area contributed by atoms with Crippen LogP contribution in [0.1, 0.15) is 57.2 Å². The van der Waals surface area contributed by atoms with Crippen LogP contribution in [0.5, 0.6) is 5.75 Å². The standard InChI is InChI=1S/C18H31NO/c1-7-17(8-2)20-18-14(5)9-16(10-15(18)6)12-19-11-13(3)4/h9-10,13,17,19H,7-8,11-12H2,1-6H3. The van der Waals surface area contributed by atoms with Gasteiger partial charge in [0.25, 0.3) is 0 Å². The molecule has 2 heteroatoms. The van der Waals surface area contributed by atoms with Crippen molar-refractivity contribution >= 4 is 0 Å². The summed E-state index contributed by atoms with van der Waals surface area (Å²) in [5.74, 6) is 1.76. The van der Waals surface area contributed by atoms with Crippen molar-refractivity contribution in [2.45, 2.75) is 67.0 Å². The number of hydrogen-bond acceptors (Lipinski definition) is 2. The van der Waals surface area contributed by atoms with E-state index in [4.69, 9.17) is 4.74 Å². The van der Waals surface area contributed by atoms with E-state index in [1.165, 1.54) is 16.7 Å². The Hall–Kier alpha value is -1.02. The molecule has 0 spiro atoms. The van der Waals surface area contributed by atoms with E-state index in [0.29, 0.717) is 12.0 Å². The molecular weight excluding hydrogens is 246 g/mol. The summed E-state index contributed by atoms with van der Waals surface area (Å²) in [6, 6.07) is 4.50. The summed E-state index contributed by atoms with van der Waals surface area (Å²) in [5, 5.41) is 3.50. The van der Waals surface area contributed by atoms with E-state index >= 15 is 0 Å². The molecule has 1 rings (SSSR count). The van der Waals surface area contributed by atoms with E-state index in [-0.39, 0.29) is 0 Å². The monoisotopic (exact) mass is 277 g/mol. The maximum atomic E-state index is 6.15. The molecular formula is C18H31NO. The second-order valence-electron chi connectivity index (χ2n) is 6.14. The van der Waals surface area contributed by atoms with Gasteiger partial charge in [-0.1, -0.05) is 39.8 Å². The third kappa shape index (κ3) is 5.16. The van der Waals surface area contributed by atoms with Crippen molar-refractivity contribution in [3.8, 4) is 5.75 Å². The molecule has 1 N–H and O–H groups in total. The number of hydrogen-bond donors (Lipinski definition) is 1. The fraction of sp³-hybridized carbons (Fsp3) is 0.667. The van der Waals surface area contributed by atoms with Gasteiger partial charge in [-0.3, -0.25) is 0 Å². The van der Waals surface area contributed by atoms with Crippen molar-refractivity contribution in [3.63, 3.8) is 0 Å². The fourth-order valence-corrected chi connectivity index (χ4v) is 2.46. The van der Waals surface area contributed by atoms with Crippen LogP contribution in [0, 0.1) is 19.8 Å². The predicted molar refractivity (Wildman–Crippen MR) is 87.5 cm³/mol. The van der Waals surface area contributed by atoms with Gasteiger partial charge in [0.2, 0.25) is 0 Å². The zero-order valence-corrected chi connectivity index (χ0v) is 14.0. The Morgan fingerprint density at radius 3 is 2.05 bits per heavy atom. The Kier molecular flexibility index (Phi) is 7.08. The maximum absolute atomic E-state index is 6.15. The second kappa shape index (κ2) is 8.31. The predicted octanol–water partition coefficient (Wildman–Crippen LogP) is 4.62. The third-order valence-corrected chi connectivity index (χ3v) is 3.60. The van der Waals surface area contributed by atoms with Crippen molar-refractivity contribution in [1.29, 1.82) is 0 Å². The van der Waals surface area contributed by atoms with Gasteiger partial charge in [0, 0.05) is 6.54 Å². The van der Waals surface area contributed by atoms with Crippen molar-refractivity contribution in [1.82, 2.24) is 5.32 Å². The van der Waals surface area contributed by atoms with E-state index in [1.807, 2.05) is 0 Å². The summed E-state index contributed by atoms with van der Waals surface area (Å²) < 4.78 is 6.15. The van der Waals surface area contributed by atoms with Gasteiger partial charge in [-0.25, -0.2) is 0 Å². The summed E-state index contributed by atoms with van der Waals surface area (Å²) in [5.41, 5.74) is 3.84. The van der Waals surface area contributed by atoms with Crippen LogP contribution < -0.4 is 10.1 Å². The van der Waals surface area contributed by atoms with E-state index in [2.05, 4.69) is 59.0 Å². The highest BCUT2D eigenvalue weighted by molar-refractivity contribution is 5.43. The molecule has 0 bridgehead atoms. The van der Waals surface area contributed by atoms with Gasteiger partial charge in [-0.2, -0.15) is 0 Å². The van der Waals surface area contributed by atoms with Crippen LogP contribution in [0.4, 0.5) is 0 Å². The van der Waals surface area contributed by atoms with Crippen molar-refractivity contribution < 1.29 is 4.74 Å². The van der Waals surface area contributed by atoms with Crippen LogP contribution in [0.3, 0.4) is 0 Å². The summed E-state index contributed by atoms with van der Waals surface area (Å²) in [4.78, 5) is 0. The molecule has 0 amide bonds. The maximum Gasteiger partial charge on any atom is 0.125 e. The molecule has 0 aliphatic carbocycles. The van der Waals surface area contributed by atoms with E-state index in [9.17, 15) is 0 Å². The summed E-state index contributed by atoms with van der Waals surface area (Å²) >= 11 is 0. The van der Waals surface area contributed by atoms with Crippen LogP contribution in [-0.2, 0) is 6.54 Å². The first kappa shape index (κ1) is 17.0. The highest BCUT2D eigenvalue weighted by atomic mass is 16.5. The average Bonchev–Trinajstić information content (AvgIpc) is 2.38. The van der Waals surface area contributed by atoms with Crippen LogP contribution in [-0.4, -0.2) is 12.6 Å². The zero-order chi connectivity index (χ0) is 15.1. The van der Waals surface area contributed by atoms with Gasteiger partial charge in [-0.05, 0) is 55.8 Å². The summed E-state index contributed by atoms with van der Waals surface area (Å²) in [6.07, 6.45) is 2.46. The molecule has 0 saturated heterocycles. The number of nitrogens with one attached hydrogen (secondary N) is 1. The molecule has 0 radical (unpaired) electrons. The number of rotatable bonds is 8. The SMILES string of the molecule is CCC(CC)Oc1c(C)cc(CNCC(C)C)cc1C. The first-order valence-corrected chi connectivity index (χ1v) is 7.95. The van der Waals surface area contributed by atoms with Gasteiger partial charge in [0.05, 0.1) is 6.10 Å². The first-order valence-electron chi connectivity index (χ1n) is 7.95. The average molecular weight is 277 g/mol. The van der Waals surface area contributed by atoms with E-state index in [0.717, 1.165) is 31.7 Å². The Balaban J connectivity index is 2.75. The Morgan fingerprint density at radius 1 is 1.05 bits per heavy atom. The Morgan fingerprint density at radius 2 is 1.60 bits per heavy atom. The van der Waals surface area contributed by atoms with E-state index in [1.54, 1.807) is 0 Å². The number of ether oxygens (including phenoxy) is 1. The molecule has 0 unspecified atom stereocenters. The minimum absolute atomic E-state index is 0.331. The summed E-state index contributed by atoms with van der Waals surface area (Å²) in [7, 11) is 0. The van der Waals surface area contributed by atoms with Crippen LogP contribution >= 0.6 is 0 Å². The van der Waals surface area contributed by atoms with Gasteiger partial charge in [-0.15, -0.1) is 0 Å². The minimum atomic E-state index is 0.331. The van der Waals surface area contributed by atoms with Crippen LogP contribution in [0.25, 0.3) is 0 Å². The van der Waals surface area contributed by atoms with Gasteiger partial charge in [0.1, 0.15) is 5.75 Å². The lowest BCUT2D eigenvalue weighted by Crippen LogP contribution is -2.19.